The predicted molar refractivity (Wildman–Crippen MR) is 112 cm³/mol. The minimum absolute atomic E-state index is 0.0189. The Kier molecular flexibility index (Phi) is 5.26. The first-order valence-electron chi connectivity index (χ1n) is 9.65. The molecular weight excluding hydrogens is 353 g/mol. The van der Waals surface area contributed by atoms with Gasteiger partial charge >= 0.3 is 0 Å². The minimum atomic E-state index is -0.241. The molecule has 0 aromatic heterocycles. The smallest absolute Gasteiger partial charge is 0.241 e. The Labute approximate surface area is 164 Å². The monoisotopic (exact) mass is 377 g/mol. The van der Waals surface area contributed by atoms with Gasteiger partial charge in [-0.05, 0) is 42.0 Å². The van der Waals surface area contributed by atoms with Gasteiger partial charge in [-0.2, -0.15) is 0 Å². The quantitative estimate of drug-likeness (QED) is 0.743. The number of rotatable bonds is 4. The highest BCUT2D eigenvalue weighted by Gasteiger charge is 2.26. The summed E-state index contributed by atoms with van der Waals surface area (Å²) in [7, 11) is 0. The number of amides is 1. The van der Waals surface area contributed by atoms with Gasteiger partial charge in [0.15, 0.2) is 0 Å². The van der Waals surface area contributed by atoms with E-state index >= 15 is 0 Å². The molecule has 1 saturated heterocycles. The first-order valence-corrected chi connectivity index (χ1v) is 9.65. The Morgan fingerprint density at radius 3 is 2.36 bits per heavy atom. The van der Waals surface area contributed by atoms with Gasteiger partial charge in [0, 0.05) is 31.9 Å². The lowest BCUT2D eigenvalue weighted by Gasteiger charge is -2.38. The van der Waals surface area contributed by atoms with Crippen molar-refractivity contribution >= 4 is 28.1 Å². The number of fused-ring (bicyclic) bond motifs is 1. The number of carbonyl (C=O) groups excluding carboxylic acids is 1. The average Bonchev–Trinajstić information content (AvgIpc) is 2.73. The van der Waals surface area contributed by atoms with E-state index in [1.807, 2.05) is 54.3 Å². The SMILES string of the molecule is CC(C(=O)Nc1ccc2ccccc2c1)N1CCN(c2ccccc2F)CC1. The Hall–Kier alpha value is -2.92. The maximum Gasteiger partial charge on any atom is 0.241 e. The zero-order valence-corrected chi connectivity index (χ0v) is 15.9. The van der Waals surface area contributed by atoms with Gasteiger partial charge in [-0.25, -0.2) is 4.39 Å². The summed E-state index contributed by atoms with van der Waals surface area (Å²) in [6, 6.07) is 20.6. The van der Waals surface area contributed by atoms with Gasteiger partial charge in [0.2, 0.25) is 5.91 Å². The average molecular weight is 377 g/mol. The van der Waals surface area contributed by atoms with Crippen LogP contribution in [0.25, 0.3) is 10.8 Å². The van der Waals surface area contributed by atoms with Crippen molar-refractivity contribution in [3.63, 3.8) is 0 Å². The summed E-state index contributed by atoms with van der Waals surface area (Å²) >= 11 is 0. The van der Waals surface area contributed by atoms with E-state index < -0.39 is 0 Å². The third kappa shape index (κ3) is 3.85. The molecule has 28 heavy (non-hydrogen) atoms. The van der Waals surface area contributed by atoms with Crippen LogP contribution in [0.1, 0.15) is 6.92 Å². The molecule has 5 heteroatoms. The lowest BCUT2D eigenvalue weighted by atomic mass is 10.1. The molecule has 0 bridgehead atoms. The molecule has 4 nitrogen and oxygen atoms in total. The highest BCUT2D eigenvalue weighted by Crippen LogP contribution is 2.22. The topological polar surface area (TPSA) is 35.6 Å². The highest BCUT2D eigenvalue weighted by atomic mass is 19.1. The molecule has 0 radical (unpaired) electrons. The number of hydrogen-bond acceptors (Lipinski definition) is 3. The number of piperazine rings is 1. The molecule has 1 heterocycles. The van der Waals surface area contributed by atoms with Gasteiger partial charge in [-0.15, -0.1) is 0 Å². The van der Waals surface area contributed by atoms with E-state index in [-0.39, 0.29) is 17.8 Å². The van der Waals surface area contributed by atoms with Gasteiger partial charge in [-0.3, -0.25) is 9.69 Å². The van der Waals surface area contributed by atoms with Gasteiger partial charge < -0.3 is 10.2 Å². The molecule has 1 N–H and O–H groups in total. The Bertz CT molecular complexity index is 982. The molecule has 0 saturated carbocycles. The summed E-state index contributed by atoms with van der Waals surface area (Å²) in [5.74, 6) is -0.215. The Morgan fingerprint density at radius 2 is 1.61 bits per heavy atom. The molecular formula is C23H24FN3O. The molecule has 3 aromatic carbocycles. The maximum atomic E-state index is 14.0. The summed E-state index contributed by atoms with van der Waals surface area (Å²) in [5.41, 5.74) is 1.44. The van der Waals surface area contributed by atoms with Crippen LogP contribution in [-0.4, -0.2) is 43.0 Å². The van der Waals surface area contributed by atoms with Crippen LogP contribution in [0.4, 0.5) is 15.8 Å². The Morgan fingerprint density at radius 1 is 0.929 bits per heavy atom. The molecule has 1 atom stereocenters. The number of nitrogens with zero attached hydrogens (tertiary/aromatic N) is 2. The molecule has 0 aliphatic carbocycles. The number of benzene rings is 3. The third-order valence-corrected chi connectivity index (χ3v) is 5.45. The van der Waals surface area contributed by atoms with Crippen LogP contribution in [-0.2, 0) is 4.79 Å². The van der Waals surface area contributed by atoms with E-state index in [0.717, 1.165) is 29.5 Å². The first kappa shape index (κ1) is 18.4. The van der Waals surface area contributed by atoms with E-state index in [1.165, 1.54) is 6.07 Å². The number of carbonyl (C=O) groups is 1. The van der Waals surface area contributed by atoms with Crippen LogP contribution in [0.2, 0.25) is 0 Å². The maximum absolute atomic E-state index is 14.0. The fraction of sp³-hybridized carbons (Fsp3) is 0.261. The first-order chi connectivity index (χ1) is 13.6. The Balaban J connectivity index is 1.37. The van der Waals surface area contributed by atoms with Crippen molar-refractivity contribution < 1.29 is 9.18 Å². The fourth-order valence-electron chi connectivity index (χ4n) is 3.74. The summed E-state index contributed by atoms with van der Waals surface area (Å²) < 4.78 is 14.0. The largest absolute Gasteiger partial charge is 0.367 e. The second-order valence-electron chi connectivity index (χ2n) is 7.20. The number of anilines is 2. The van der Waals surface area contributed by atoms with Crippen LogP contribution in [0.3, 0.4) is 0 Å². The molecule has 1 aliphatic rings. The van der Waals surface area contributed by atoms with Crippen LogP contribution in [0.5, 0.6) is 0 Å². The minimum Gasteiger partial charge on any atom is -0.367 e. The highest BCUT2D eigenvalue weighted by molar-refractivity contribution is 5.97. The van der Waals surface area contributed by atoms with Crippen molar-refractivity contribution in [1.82, 2.24) is 4.90 Å². The van der Waals surface area contributed by atoms with Crippen molar-refractivity contribution in [3.05, 3.63) is 72.5 Å². The van der Waals surface area contributed by atoms with Gasteiger partial charge in [0.25, 0.3) is 0 Å². The van der Waals surface area contributed by atoms with Crippen LogP contribution in [0, 0.1) is 5.82 Å². The summed E-state index contributed by atoms with van der Waals surface area (Å²) in [6.07, 6.45) is 0. The lowest BCUT2D eigenvalue weighted by molar-refractivity contribution is -0.120. The molecule has 3 aromatic rings. The van der Waals surface area contributed by atoms with Crippen molar-refractivity contribution in [2.75, 3.05) is 36.4 Å². The number of nitrogens with one attached hydrogen (secondary N) is 1. The van der Waals surface area contributed by atoms with E-state index in [0.29, 0.717) is 18.8 Å². The van der Waals surface area contributed by atoms with Crippen LogP contribution in [0.15, 0.2) is 66.7 Å². The second-order valence-corrected chi connectivity index (χ2v) is 7.20. The zero-order chi connectivity index (χ0) is 19.5. The van der Waals surface area contributed by atoms with Gasteiger partial charge in [-0.1, -0.05) is 42.5 Å². The summed E-state index contributed by atoms with van der Waals surface area (Å²) in [4.78, 5) is 16.9. The zero-order valence-electron chi connectivity index (χ0n) is 15.9. The standard InChI is InChI=1S/C23H24FN3O/c1-17(23(28)25-20-11-10-18-6-2-3-7-19(18)16-20)26-12-14-27(15-13-26)22-9-5-4-8-21(22)24/h2-11,16-17H,12-15H2,1H3,(H,25,28). The summed E-state index contributed by atoms with van der Waals surface area (Å²) in [5, 5.41) is 5.28. The molecule has 4 rings (SSSR count). The van der Waals surface area contributed by atoms with Crippen molar-refractivity contribution in [2.24, 2.45) is 0 Å². The third-order valence-electron chi connectivity index (χ3n) is 5.45. The number of halogens is 1. The van der Waals surface area contributed by atoms with Crippen molar-refractivity contribution in [1.29, 1.82) is 0 Å². The molecule has 0 spiro atoms. The van der Waals surface area contributed by atoms with Crippen molar-refractivity contribution in [3.8, 4) is 0 Å². The van der Waals surface area contributed by atoms with Gasteiger partial charge in [0.1, 0.15) is 5.82 Å². The fourth-order valence-corrected chi connectivity index (χ4v) is 3.74. The molecule has 1 aliphatic heterocycles. The molecule has 1 unspecified atom stereocenters. The van der Waals surface area contributed by atoms with Crippen LogP contribution < -0.4 is 10.2 Å². The lowest BCUT2D eigenvalue weighted by Crippen LogP contribution is -2.53. The van der Waals surface area contributed by atoms with Crippen LogP contribution >= 0.6 is 0 Å². The number of para-hydroxylation sites is 1. The molecule has 1 amide bonds. The molecule has 1 fully saturated rings. The van der Waals surface area contributed by atoms with E-state index in [9.17, 15) is 9.18 Å². The summed E-state index contributed by atoms with van der Waals surface area (Å²) in [6.45, 7) is 4.78. The van der Waals surface area contributed by atoms with Gasteiger partial charge in [0.05, 0.1) is 11.7 Å². The van der Waals surface area contributed by atoms with Crippen molar-refractivity contribution in [2.45, 2.75) is 13.0 Å². The predicted octanol–water partition coefficient (Wildman–Crippen LogP) is 4.13. The van der Waals surface area contributed by atoms with E-state index in [2.05, 4.69) is 16.3 Å². The second kappa shape index (κ2) is 7.98. The van der Waals surface area contributed by atoms with E-state index in [4.69, 9.17) is 0 Å². The molecule has 144 valence electrons. The number of hydrogen-bond donors (Lipinski definition) is 1. The normalized spacial score (nSPS) is 16.1. The van der Waals surface area contributed by atoms with E-state index in [1.54, 1.807) is 12.1 Å².